The van der Waals surface area contributed by atoms with Crippen LogP contribution >= 0.6 is 0 Å². The van der Waals surface area contributed by atoms with Crippen molar-refractivity contribution in [3.63, 3.8) is 0 Å². The predicted molar refractivity (Wildman–Crippen MR) is 109 cm³/mol. The van der Waals surface area contributed by atoms with Crippen LogP contribution in [0.15, 0.2) is 30.6 Å². The minimum atomic E-state index is -0.639. The van der Waals surface area contributed by atoms with Crippen molar-refractivity contribution < 1.29 is 14.5 Å². The zero-order chi connectivity index (χ0) is 21.2. The van der Waals surface area contributed by atoms with Crippen LogP contribution in [0.2, 0.25) is 0 Å². The Kier molecular flexibility index (Phi) is 5.67. The first kappa shape index (κ1) is 20.5. The molecule has 0 atom stereocenters. The van der Waals surface area contributed by atoms with Crippen molar-refractivity contribution in [2.75, 3.05) is 23.8 Å². The maximum absolute atomic E-state index is 12.1. The van der Waals surface area contributed by atoms with Gasteiger partial charge in [-0.25, -0.2) is 9.97 Å². The Labute approximate surface area is 169 Å². The molecular weight excluding hydrogens is 374 g/mol. The number of esters is 1. The molecule has 0 fully saturated rings. The number of carbonyl (C=O) groups excluding carboxylic acids is 1. The maximum atomic E-state index is 12.1. The van der Waals surface area contributed by atoms with Crippen LogP contribution in [0.3, 0.4) is 0 Å². The van der Waals surface area contributed by atoms with Gasteiger partial charge in [-0.05, 0) is 44.7 Å². The van der Waals surface area contributed by atoms with Crippen molar-refractivity contribution in [3.8, 4) is 0 Å². The molecule has 0 unspecified atom stereocenters. The summed E-state index contributed by atoms with van der Waals surface area (Å²) < 4.78 is 5.29. The number of hydrogen-bond donors (Lipinski definition) is 1. The van der Waals surface area contributed by atoms with E-state index in [0.29, 0.717) is 0 Å². The summed E-state index contributed by atoms with van der Waals surface area (Å²) in [6.45, 7) is 5.13. The van der Waals surface area contributed by atoms with E-state index in [1.54, 1.807) is 27.8 Å². The SMILES string of the molecule is CN(CC(=O)OC(C)(C)C)c1ncnc(NC2Cc3ccccc3C2)c1[N+](=O)[O-]. The Bertz CT molecular complexity index is 900. The lowest BCUT2D eigenvalue weighted by molar-refractivity contribution is -0.383. The highest BCUT2D eigenvalue weighted by molar-refractivity contribution is 5.79. The Morgan fingerprint density at radius 3 is 2.45 bits per heavy atom. The summed E-state index contributed by atoms with van der Waals surface area (Å²) in [5, 5.41) is 15.0. The number of likely N-dealkylation sites (N-methyl/N-ethyl adjacent to an activating group) is 1. The van der Waals surface area contributed by atoms with E-state index in [2.05, 4.69) is 27.4 Å². The molecule has 0 radical (unpaired) electrons. The van der Waals surface area contributed by atoms with Crippen LogP contribution in [0, 0.1) is 10.1 Å². The van der Waals surface area contributed by atoms with Crippen molar-refractivity contribution in [2.24, 2.45) is 0 Å². The molecule has 1 aromatic carbocycles. The van der Waals surface area contributed by atoms with Gasteiger partial charge in [0.25, 0.3) is 0 Å². The van der Waals surface area contributed by atoms with E-state index in [4.69, 9.17) is 4.74 Å². The minimum absolute atomic E-state index is 0.00464. The van der Waals surface area contributed by atoms with Crippen LogP contribution in [0.5, 0.6) is 0 Å². The summed E-state index contributed by atoms with van der Waals surface area (Å²) in [4.78, 5) is 32.9. The molecule has 29 heavy (non-hydrogen) atoms. The highest BCUT2D eigenvalue weighted by Crippen LogP contribution is 2.33. The monoisotopic (exact) mass is 399 g/mol. The summed E-state index contributed by atoms with van der Waals surface area (Å²) in [7, 11) is 1.56. The highest BCUT2D eigenvalue weighted by Gasteiger charge is 2.30. The highest BCUT2D eigenvalue weighted by atomic mass is 16.6. The van der Waals surface area contributed by atoms with Gasteiger partial charge in [0.2, 0.25) is 11.6 Å². The molecule has 9 heteroatoms. The Hall–Kier alpha value is -3.23. The number of benzene rings is 1. The van der Waals surface area contributed by atoms with Crippen LogP contribution in [-0.4, -0.2) is 46.1 Å². The Morgan fingerprint density at radius 2 is 1.90 bits per heavy atom. The van der Waals surface area contributed by atoms with E-state index in [9.17, 15) is 14.9 Å². The summed E-state index contributed by atoms with van der Waals surface area (Å²) in [5.41, 5.74) is 1.56. The number of carbonyl (C=O) groups is 1. The topological polar surface area (TPSA) is 110 Å². The summed E-state index contributed by atoms with van der Waals surface area (Å²) >= 11 is 0. The average molecular weight is 399 g/mol. The van der Waals surface area contributed by atoms with Gasteiger partial charge in [-0.1, -0.05) is 24.3 Å². The normalized spacial score (nSPS) is 13.7. The van der Waals surface area contributed by atoms with Crippen LogP contribution in [0.25, 0.3) is 0 Å². The van der Waals surface area contributed by atoms with E-state index in [1.165, 1.54) is 22.4 Å². The molecule has 1 heterocycles. The Balaban J connectivity index is 1.79. The number of anilines is 2. The molecule has 3 rings (SSSR count). The average Bonchev–Trinajstić information content (AvgIpc) is 3.01. The zero-order valence-corrected chi connectivity index (χ0v) is 17.0. The number of nitro groups is 1. The lowest BCUT2D eigenvalue weighted by Gasteiger charge is -2.23. The van der Waals surface area contributed by atoms with Gasteiger partial charge in [0.1, 0.15) is 18.5 Å². The van der Waals surface area contributed by atoms with Gasteiger partial charge in [0, 0.05) is 13.1 Å². The number of hydrogen-bond acceptors (Lipinski definition) is 8. The van der Waals surface area contributed by atoms with Gasteiger partial charge >= 0.3 is 11.7 Å². The molecule has 154 valence electrons. The van der Waals surface area contributed by atoms with Crippen LogP contribution < -0.4 is 10.2 Å². The first-order chi connectivity index (χ1) is 13.6. The zero-order valence-electron chi connectivity index (χ0n) is 17.0. The van der Waals surface area contributed by atoms with Crippen molar-refractivity contribution in [3.05, 3.63) is 51.8 Å². The van der Waals surface area contributed by atoms with E-state index in [1.807, 2.05) is 12.1 Å². The molecule has 1 aromatic heterocycles. The lowest BCUT2D eigenvalue weighted by Crippen LogP contribution is -2.33. The molecule has 0 amide bonds. The second-order valence-corrected chi connectivity index (χ2v) is 8.11. The third-order valence-corrected chi connectivity index (χ3v) is 4.53. The van der Waals surface area contributed by atoms with Crippen LogP contribution in [0.4, 0.5) is 17.3 Å². The number of fused-ring (bicyclic) bond motifs is 1. The second-order valence-electron chi connectivity index (χ2n) is 8.11. The van der Waals surface area contributed by atoms with Gasteiger partial charge in [-0.15, -0.1) is 0 Å². The summed E-state index contributed by atoms with van der Waals surface area (Å²) in [6, 6.07) is 8.09. The molecule has 0 saturated heterocycles. The van der Waals surface area contributed by atoms with E-state index < -0.39 is 16.5 Å². The number of nitrogens with one attached hydrogen (secondary N) is 1. The molecule has 9 nitrogen and oxygen atoms in total. The standard InChI is InChI=1S/C20H25N5O4/c1-20(2,3)29-16(26)11-24(4)19-17(25(27)28)18(21-12-22-19)23-15-9-13-7-5-6-8-14(13)10-15/h5-8,12,15H,9-11H2,1-4H3,(H,21,22,23). The summed E-state index contributed by atoms with van der Waals surface area (Å²) in [6.07, 6.45) is 2.79. The fourth-order valence-electron chi connectivity index (χ4n) is 3.42. The minimum Gasteiger partial charge on any atom is -0.459 e. The lowest BCUT2D eigenvalue weighted by atomic mass is 10.1. The van der Waals surface area contributed by atoms with E-state index in [-0.39, 0.29) is 29.9 Å². The molecule has 0 spiro atoms. The maximum Gasteiger partial charge on any atom is 0.353 e. The van der Waals surface area contributed by atoms with Gasteiger partial charge < -0.3 is 15.0 Å². The van der Waals surface area contributed by atoms with Gasteiger partial charge in [0.05, 0.1) is 4.92 Å². The fourth-order valence-corrected chi connectivity index (χ4v) is 3.42. The van der Waals surface area contributed by atoms with Gasteiger partial charge in [-0.2, -0.15) is 0 Å². The first-order valence-corrected chi connectivity index (χ1v) is 9.39. The molecule has 1 aliphatic carbocycles. The van der Waals surface area contributed by atoms with Crippen molar-refractivity contribution >= 4 is 23.3 Å². The predicted octanol–water partition coefficient (Wildman–Crippen LogP) is 2.74. The second kappa shape index (κ2) is 8.02. The number of nitrogens with zero attached hydrogens (tertiary/aromatic N) is 4. The Morgan fingerprint density at radius 1 is 1.28 bits per heavy atom. The van der Waals surface area contributed by atoms with E-state index >= 15 is 0 Å². The number of rotatable bonds is 6. The van der Waals surface area contributed by atoms with Crippen LogP contribution in [0.1, 0.15) is 31.9 Å². The van der Waals surface area contributed by atoms with Gasteiger partial charge in [-0.3, -0.25) is 14.9 Å². The molecule has 0 saturated carbocycles. The summed E-state index contributed by atoms with van der Waals surface area (Å²) in [5.74, 6) is -0.281. The van der Waals surface area contributed by atoms with Crippen molar-refractivity contribution in [2.45, 2.75) is 45.3 Å². The molecule has 0 bridgehead atoms. The largest absolute Gasteiger partial charge is 0.459 e. The molecular formula is C20H25N5O4. The quantitative estimate of drug-likeness (QED) is 0.448. The first-order valence-electron chi connectivity index (χ1n) is 9.39. The smallest absolute Gasteiger partial charge is 0.353 e. The van der Waals surface area contributed by atoms with E-state index in [0.717, 1.165) is 12.8 Å². The molecule has 0 aliphatic heterocycles. The third-order valence-electron chi connectivity index (χ3n) is 4.53. The molecule has 1 aliphatic rings. The molecule has 2 aromatic rings. The number of ether oxygens (including phenoxy) is 1. The van der Waals surface area contributed by atoms with Crippen LogP contribution in [-0.2, 0) is 22.4 Å². The van der Waals surface area contributed by atoms with Gasteiger partial charge in [0.15, 0.2) is 0 Å². The fraction of sp³-hybridized carbons (Fsp3) is 0.450. The van der Waals surface area contributed by atoms with Crippen molar-refractivity contribution in [1.29, 1.82) is 0 Å². The number of aromatic nitrogens is 2. The third kappa shape index (κ3) is 4.98. The van der Waals surface area contributed by atoms with Crippen molar-refractivity contribution in [1.82, 2.24) is 9.97 Å². The molecule has 1 N–H and O–H groups in total.